The zero-order chi connectivity index (χ0) is 33.8. The van der Waals surface area contributed by atoms with Crippen LogP contribution in [0.15, 0.2) is 24.3 Å². The van der Waals surface area contributed by atoms with Gasteiger partial charge in [-0.1, -0.05) is 12.1 Å². The summed E-state index contributed by atoms with van der Waals surface area (Å²) >= 11 is 0. The molecule has 1 aliphatic heterocycles. The van der Waals surface area contributed by atoms with Gasteiger partial charge in [-0.05, 0) is 57.2 Å². The maximum absolute atomic E-state index is 13.1. The van der Waals surface area contributed by atoms with Crippen molar-refractivity contribution in [3.8, 4) is 5.75 Å². The lowest BCUT2D eigenvalue weighted by Crippen LogP contribution is -2.58. The summed E-state index contributed by atoms with van der Waals surface area (Å²) in [6, 6.07) is 0.156. The Morgan fingerprint density at radius 3 is 2.20 bits per heavy atom. The van der Waals surface area contributed by atoms with Gasteiger partial charge >= 0.3 is 5.97 Å². The van der Waals surface area contributed by atoms with Gasteiger partial charge in [-0.2, -0.15) is 0 Å². The molecule has 0 radical (unpaired) electrons. The van der Waals surface area contributed by atoms with Crippen LogP contribution in [0.3, 0.4) is 0 Å². The first kappa shape index (κ1) is 36.4. The number of amides is 6. The van der Waals surface area contributed by atoms with E-state index in [0.29, 0.717) is 12.0 Å². The number of carbonyl (C=O) groups excluding carboxylic acids is 6. The van der Waals surface area contributed by atoms with Crippen LogP contribution in [0.4, 0.5) is 0 Å². The number of aromatic hydroxyl groups is 1. The predicted octanol–water partition coefficient (Wildman–Crippen LogP) is -3.43. The lowest BCUT2D eigenvalue weighted by Gasteiger charge is -2.27. The second-order valence-corrected chi connectivity index (χ2v) is 10.8. The van der Waals surface area contributed by atoms with Gasteiger partial charge < -0.3 is 53.0 Å². The molecule has 1 aromatic rings. The minimum atomic E-state index is -1.49. The molecule has 45 heavy (non-hydrogen) atoms. The molecule has 1 fully saturated rings. The fraction of sp³-hybridized carbons (Fsp3) is 0.536. The summed E-state index contributed by atoms with van der Waals surface area (Å²) in [4.78, 5) is 87.8. The molecule has 0 bridgehead atoms. The minimum absolute atomic E-state index is 0.0634. The highest BCUT2D eigenvalue weighted by Crippen LogP contribution is 2.18. The molecule has 17 heteroatoms. The van der Waals surface area contributed by atoms with Crippen molar-refractivity contribution in [1.82, 2.24) is 26.2 Å². The van der Waals surface area contributed by atoms with Crippen molar-refractivity contribution in [3.05, 3.63) is 29.8 Å². The molecule has 1 heterocycles. The van der Waals surface area contributed by atoms with Crippen molar-refractivity contribution in [2.24, 2.45) is 11.5 Å². The maximum atomic E-state index is 13.1. The Balaban J connectivity index is 1.95. The quantitative estimate of drug-likeness (QED) is 0.0862. The number of primary amides is 1. The summed E-state index contributed by atoms with van der Waals surface area (Å²) in [6.45, 7) is 2.29. The lowest BCUT2D eigenvalue weighted by molar-refractivity contribution is -0.141. The molecule has 0 aliphatic carbocycles. The highest BCUT2D eigenvalue weighted by Gasteiger charge is 2.37. The van der Waals surface area contributed by atoms with E-state index in [1.165, 1.54) is 30.9 Å². The monoisotopic (exact) mass is 635 g/mol. The number of carboxylic acids is 1. The van der Waals surface area contributed by atoms with Gasteiger partial charge in [-0.15, -0.1) is 0 Å². The predicted molar refractivity (Wildman–Crippen MR) is 157 cm³/mol. The van der Waals surface area contributed by atoms with Crippen LogP contribution < -0.4 is 32.7 Å². The molecule has 1 aliphatic rings. The Kier molecular flexibility index (Phi) is 13.7. The molecule has 0 saturated carbocycles. The van der Waals surface area contributed by atoms with Crippen LogP contribution in [0.25, 0.3) is 0 Å². The fourth-order valence-corrected chi connectivity index (χ4v) is 4.61. The first-order valence-corrected chi connectivity index (χ1v) is 14.3. The van der Waals surface area contributed by atoms with Crippen molar-refractivity contribution in [3.63, 3.8) is 0 Å². The van der Waals surface area contributed by atoms with Crippen molar-refractivity contribution in [2.45, 2.75) is 82.3 Å². The molecule has 17 nitrogen and oxygen atoms in total. The van der Waals surface area contributed by atoms with Gasteiger partial charge in [0.05, 0.1) is 18.7 Å². The number of nitrogens with zero attached hydrogens (tertiary/aromatic N) is 1. The molecule has 1 saturated heterocycles. The van der Waals surface area contributed by atoms with E-state index in [-0.39, 0.29) is 31.6 Å². The molecule has 248 valence electrons. The Morgan fingerprint density at radius 2 is 1.62 bits per heavy atom. The van der Waals surface area contributed by atoms with E-state index in [1.807, 2.05) is 0 Å². The first-order chi connectivity index (χ1) is 21.1. The molecule has 0 unspecified atom stereocenters. The number of carboxylic acid groups (broad SMARTS) is 1. The lowest BCUT2D eigenvalue weighted by atomic mass is 10.1. The normalized spacial score (nSPS) is 17.6. The first-order valence-electron chi connectivity index (χ1n) is 14.3. The number of nitrogens with two attached hydrogens (primary N) is 2. The zero-order valence-electron chi connectivity index (χ0n) is 25.0. The number of hydrogen-bond acceptors (Lipinski definition) is 10. The van der Waals surface area contributed by atoms with E-state index in [1.54, 1.807) is 12.1 Å². The van der Waals surface area contributed by atoms with E-state index >= 15 is 0 Å². The Labute approximate surface area is 259 Å². The van der Waals surface area contributed by atoms with Gasteiger partial charge in [0.25, 0.3) is 0 Å². The second-order valence-electron chi connectivity index (χ2n) is 10.8. The molecule has 0 aromatic heterocycles. The van der Waals surface area contributed by atoms with E-state index in [2.05, 4.69) is 21.3 Å². The fourth-order valence-electron chi connectivity index (χ4n) is 4.61. The van der Waals surface area contributed by atoms with E-state index in [4.69, 9.17) is 16.6 Å². The molecule has 6 amide bonds. The Hall–Kier alpha value is -4.77. The third-order valence-corrected chi connectivity index (χ3v) is 7.14. The number of phenolic OH excluding ortho intramolecular Hbond substituents is 1. The van der Waals surface area contributed by atoms with Crippen LogP contribution in [0.2, 0.25) is 0 Å². The number of aliphatic hydroxyl groups is 1. The largest absolute Gasteiger partial charge is 0.508 e. The topological polar surface area (TPSA) is 284 Å². The average molecular weight is 636 g/mol. The van der Waals surface area contributed by atoms with Gasteiger partial charge in [0.1, 0.15) is 29.9 Å². The molecule has 2 rings (SSSR count). The number of likely N-dealkylation sites (tertiary alicyclic amines) is 1. The molecule has 0 spiro atoms. The molecule has 6 atom stereocenters. The van der Waals surface area contributed by atoms with Crippen LogP contribution in [-0.2, 0) is 40.0 Å². The third kappa shape index (κ3) is 11.3. The molecular weight excluding hydrogens is 594 g/mol. The SMILES string of the molecule is C[C@H](NC(=O)[C@@H](N)Cc1ccc(O)cc1)C(=O)NCC(=O)N1CCC[C@H]1C(=O)N[C@@H](CCC(=O)O)C(=O)N[C@H](C(N)=O)[C@@H](C)O. The van der Waals surface area contributed by atoms with Crippen LogP contribution in [0, 0.1) is 0 Å². The minimum Gasteiger partial charge on any atom is -0.508 e. The maximum Gasteiger partial charge on any atom is 0.303 e. The number of rotatable bonds is 16. The smallest absolute Gasteiger partial charge is 0.303 e. The highest BCUT2D eigenvalue weighted by molar-refractivity contribution is 5.96. The summed E-state index contributed by atoms with van der Waals surface area (Å²) in [5, 5.41) is 37.7. The van der Waals surface area contributed by atoms with Gasteiger partial charge in [-0.25, -0.2) is 0 Å². The van der Waals surface area contributed by atoms with E-state index < -0.39 is 90.7 Å². The highest BCUT2D eigenvalue weighted by atomic mass is 16.4. The number of phenols is 1. The number of aliphatic carboxylic acids is 1. The summed E-state index contributed by atoms with van der Waals surface area (Å²) in [5.74, 6) is -5.83. The van der Waals surface area contributed by atoms with Gasteiger partial charge in [0, 0.05) is 13.0 Å². The van der Waals surface area contributed by atoms with Crippen LogP contribution in [-0.4, -0.2) is 111 Å². The summed E-state index contributed by atoms with van der Waals surface area (Å²) in [7, 11) is 0. The van der Waals surface area contributed by atoms with Crippen LogP contribution in [0.1, 0.15) is 45.1 Å². The zero-order valence-corrected chi connectivity index (χ0v) is 25.0. The standard InChI is InChI=1S/C28H41N7O10/c1-14(32-26(43)18(29)12-16-5-7-17(37)8-6-16)25(42)31-13-21(38)35-11-3-4-20(35)28(45)33-19(9-10-22(39)40)27(44)34-23(15(2)36)24(30)41/h5-8,14-15,18-20,23,36-37H,3-4,9-13,29H2,1-2H3,(H2,30,41)(H,31,42)(H,32,43)(H,33,45)(H,34,44)(H,39,40)/t14-,15+,18-,19-,20-,23-/m0/s1. The van der Waals surface area contributed by atoms with Crippen molar-refractivity contribution >= 4 is 41.4 Å². The van der Waals surface area contributed by atoms with Crippen molar-refractivity contribution in [1.29, 1.82) is 0 Å². The number of hydrogen-bond donors (Lipinski definition) is 9. The summed E-state index contributed by atoms with van der Waals surface area (Å²) in [5.41, 5.74) is 11.8. The Bertz CT molecular complexity index is 1260. The molecular formula is C28H41N7O10. The number of benzene rings is 1. The Morgan fingerprint density at radius 1 is 0.978 bits per heavy atom. The van der Waals surface area contributed by atoms with E-state index in [9.17, 15) is 43.8 Å². The average Bonchev–Trinajstić information content (AvgIpc) is 3.47. The number of aliphatic hydroxyl groups excluding tert-OH is 1. The van der Waals surface area contributed by atoms with Gasteiger partial charge in [0.15, 0.2) is 0 Å². The van der Waals surface area contributed by atoms with Crippen LogP contribution in [0.5, 0.6) is 5.75 Å². The summed E-state index contributed by atoms with van der Waals surface area (Å²) in [6.07, 6.45) is -1.41. The number of carbonyl (C=O) groups is 7. The van der Waals surface area contributed by atoms with Crippen LogP contribution >= 0.6 is 0 Å². The summed E-state index contributed by atoms with van der Waals surface area (Å²) < 4.78 is 0. The van der Waals surface area contributed by atoms with Gasteiger partial charge in [-0.3, -0.25) is 33.6 Å². The van der Waals surface area contributed by atoms with Crippen molar-refractivity contribution < 1.29 is 48.9 Å². The second kappa shape index (κ2) is 16.9. The number of nitrogens with one attached hydrogen (secondary N) is 4. The third-order valence-electron chi connectivity index (χ3n) is 7.14. The van der Waals surface area contributed by atoms with E-state index in [0.717, 1.165) is 0 Å². The van der Waals surface area contributed by atoms with Crippen molar-refractivity contribution in [2.75, 3.05) is 13.1 Å². The van der Waals surface area contributed by atoms with Gasteiger partial charge in [0.2, 0.25) is 35.4 Å². The molecule has 11 N–H and O–H groups in total. The molecule has 1 aromatic carbocycles.